The molecule has 5 nitrogen and oxygen atoms in total. The van der Waals surface area contributed by atoms with Crippen LogP contribution in [0.3, 0.4) is 0 Å². The first kappa shape index (κ1) is 13.3. The van der Waals surface area contributed by atoms with Crippen LogP contribution >= 0.6 is 15.9 Å². The van der Waals surface area contributed by atoms with Crippen LogP contribution in [-0.4, -0.2) is 23.0 Å². The second-order valence-electron chi connectivity index (χ2n) is 4.59. The summed E-state index contributed by atoms with van der Waals surface area (Å²) in [4.78, 5) is 16.9. The molecule has 1 aromatic rings. The minimum absolute atomic E-state index is 0.0746. The Labute approximate surface area is 114 Å². The Morgan fingerprint density at radius 1 is 1.61 bits per heavy atom. The van der Waals surface area contributed by atoms with Gasteiger partial charge in [0.05, 0.1) is 4.92 Å². The van der Waals surface area contributed by atoms with Crippen LogP contribution in [-0.2, 0) is 0 Å². The summed E-state index contributed by atoms with van der Waals surface area (Å²) in [5, 5.41) is 11.1. The van der Waals surface area contributed by atoms with Gasteiger partial charge in [-0.2, -0.15) is 0 Å². The van der Waals surface area contributed by atoms with E-state index < -0.39 is 0 Å². The molecule has 0 saturated heterocycles. The van der Waals surface area contributed by atoms with Gasteiger partial charge in [-0.1, -0.05) is 6.42 Å². The molecule has 0 aromatic carbocycles. The predicted octanol–water partition coefficient (Wildman–Crippen LogP) is 3.38. The molecule has 1 heterocycles. The Balaban J connectivity index is 2.25. The van der Waals surface area contributed by atoms with Crippen LogP contribution in [0.1, 0.15) is 26.2 Å². The SMILES string of the molecule is CCN(CC1CCC1)c1ncc(Br)cc1[N+](=O)[O-]. The summed E-state index contributed by atoms with van der Waals surface area (Å²) in [6, 6.07) is 1.52. The Hall–Kier alpha value is -1.17. The quantitative estimate of drug-likeness (QED) is 0.617. The maximum Gasteiger partial charge on any atom is 0.312 e. The fourth-order valence-corrected chi connectivity index (χ4v) is 2.47. The van der Waals surface area contributed by atoms with E-state index in [0.29, 0.717) is 16.2 Å². The molecule has 1 aliphatic rings. The van der Waals surface area contributed by atoms with E-state index in [1.54, 1.807) is 6.20 Å². The van der Waals surface area contributed by atoms with Crippen molar-refractivity contribution in [1.29, 1.82) is 0 Å². The lowest BCUT2D eigenvalue weighted by Gasteiger charge is -2.32. The van der Waals surface area contributed by atoms with Crippen molar-refractivity contribution in [2.75, 3.05) is 18.0 Å². The first-order valence-corrected chi connectivity index (χ1v) is 6.96. The minimum Gasteiger partial charge on any atom is -0.351 e. The van der Waals surface area contributed by atoms with E-state index in [-0.39, 0.29) is 10.6 Å². The van der Waals surface area contributed by atoms with Gasteiger partial charge in [-0.25, -0.2) is 4.98 Å². The van der Waals surface area contributed by atoms with Gasteiger partial charge in [0.2, 0.25) is 5.82 Å². The maximum atomic E-state index is 11.1. The summed E-state index contributed by atoms with van der Waals surface area (Å²) in [5.74, 6) is 1.15. The Bertz CT molecular complexity index is 449. The van der Waals surface area contributed by atoms with Crippen LogP contribution in [0.4, 0.5) is 11.5 Å². The first-order valence-electron chi connectivity index (χ1n) is 6.16. The Morgan fingerprint density at radius 3 is 2.83 bits per heavy atom. The second-order valence-corrected chi connectivity index (χ2v) is 5.50. The lowest BCUT2D eigenvalue weighted by atomic mass is 9.85. The molecule has 0 aliphatic heterocycles. The van der Waals surface area contributed by atoms with Gasteiger partial charge in [0, 0.05) is 29.8 Å². The molecule has 6 heteroatoms. The second kappa shape index (κ2) is 5.65. The zero-order chi connectivity index (χ0) is 13.1. The monoisotopic (exact) mass is 313 g/mol. The zero-order valence-corrected chi connectivity index (χ0v) is 11.9. The molecule has 1 saturated carbocycles. The number of nitro groups is 1. The lowest BCUT2D eigenvalue weighted by Crippen LogP contribution is -2.33. The van der Waals surface area contributed by atoms with Crippen LogP contribution in [0.25, 0.3) is 0 Å². The van der Waals surface area contributed by atoms with Gasteiger partial charge < -0.3 is 4.90 Å². The van der Waals surface area contributed by atoms with Crippen LogP contribution in [0.15, 0.2) is 16.7 Å². The summed E-state index contributed by atoms with van der Waals surface area (Å²) in [5.41, 5.74) is 0.0746. The van der Waals surface area contributed by atoms with Crippen molar-refractivity contribution >= 4 is 27.4 Å². The van der Waals surface area contributed by atoms with E-state index in [4.69, 9.17) is 0 Å². The van der Waals surface area contributed by atoms with Crippen molar-refractivity contribution in [2.24, 2.45) is 5.92 Å². The number of nitrogens with zero attached hydrogens (tertiary/aromatic N) is 3. The fourth-order valence-electron chi connectivity index (χ4n) is 2.15. The van der Waals surface area contributed by atoms with Gasteiger partial charge >= 0.3 is 5.69 Å². The van der Waals surface area contributed by atoms with Crippen LogP contribution in [0.2, 0.25) is 0 Å². The van der Waals surface area contributed by atoms with E-state index in [9.17, 15) is 10.1 Å². The van der Waals surface area contributed by atoms with E-state index in [1.807, 2.05) is 11.8 Å². The third-order valence-electron chi connectivity index (χ3n) is 3.40. The van der Waals surface area contributed by atoms with E-state index in [1.165, 1.54) is 25.3 Å². The minimum atomic E-state index is -0.365. The van der Waals surface area contributed by atoms with Gasteiger partial charge in [0.25, 0.3) is 0 Å². The molecule has 0 amide bonds. The molecule has 2 rings (SSSR count). The average molecular weight is 314 g/mol. The molecular formula is C12H16BrN3O2. The van der Waals surface area contributed by atoms with Crippen LogP contribution < -0.4 is 4.90 Å². The maximum absolute atomic E-state index is 11.1. The van der Waals surface area contributed by atoms with Crippen molar-refractivity contribution in [2.45, 2.75) is 26.2 Å². The van der Waals surface area contributed by atoms with Crippen molar-refractivity contribution in [3.63, 3.8) is 0 Å². The molecule has 18 heavy (non-hydrogen) atoms. The van der Waals surface area contributed by atoms with Crippen LogP contribution in [0.5, 0.6) is 0 Å². The van der Waals surface area contributed by atoms with Gasteiger partial charge in [-0.3, -0.25) is 10.1 Å². The van der Waals surface area contributed by atoms with E-state index >= 15 is 0 Å². The molecule has 1 aromatic heterocycles. The number of aromatic nitrogens is 1. The zero-order valence-electron chi connectivity index (χ0n) is 10.3. The molecular weight excluding hydrogens is 298 g/mol. The molecule has 1 aliphatic carbocycles. The molecule has 0 bridgehead atoms. The molecule has 1 fully saturated rings. The van der Waals surface area contributed by atoms with Crippen molar-refractivity contribution < 1.29 is 4.92 Å². The summed E-state index contributed by atoms with van der Waals surface area (Å²) < 4.78 is 0.637. The normalized spacial score (nSPS) is 15.2. The number of hydrogen-bond acceptors (Lipinski definition) is 4. The number of anilines is 1. The van der Waals surface area contributed by atoms with Gasteiger partial charge in [0.15, 0.2) is 0 Å². The third kappa shape index (κ3) is 2.80. The summed E-state index contributed by atoms with van der Waals surface area (Å²) >= 11 is 3.23. The number of halogens is 1. The number of hydrogen-bond donors (Lipinski definition) is 0. The third-order valence-corrected chi connectivity index (χ3v) is 3.83. The molecule has 0 N–H and O–H groups in total. The van der Waals surface area contributed by atoms with Crippen LogP contribution in [0, 0.1) is 16.0 Å². The standard InChI is InChI=1S/C12H16BrN3O2/c1-2-15(8-9-4-3-5-9)12-11(16(17)18)6-10(13)7-14-12/h6-7,9H,2-5,8H2,1H3. The highest BCUT2D eigenvalue weighted by Crippen LogP contribution is 2.32. The number of pyridine rings is 1. The van der Waals surface area contributed by atoms with Crippen molar-refractivity contribution in [3.05, 3.63) is 26.9 Å². The summed E-state index contributed by atoms with van der Waals surface area (Å²) in [7, 11) is 0. The van der Waals surface area contributed by atoms with E-state index in [2.05, 4.69) is 20.9 Å². The Kier molecular flexibility index (Phi) is 4.16. The molecule has 0 atom stereocenters. The Morgan fingerprint density at radius 2 is 2.33 bits per heavy atom. The van der Waals surface area contributed by atoms with Crippen molar-refractivity contribution in [1.82, 2.24) is 4.98 Å². The molecule has 98 valence electrons. The predicted molar refractivity (Wildman–Crippen MR) is 73.8 cm³/mol. The highest BCUT2D eigenvalue weighted by atomic mass is 79.9. The first-order chi connectivity index (χ1) is 8.61. The summed E-state index contributed by atoms with van der Waals surface area (Å²) in [6.07, 6.45) is 5.34. The average Bonchev–Trinajstić information content (AvgIpc) is 2.28. The summed E-state index contributed by atoms with van der Waals surface area (Å²) in [6.45, 7) is 3.62. The molecule has 0 radical (unpaired) electrons. The molecule has 0 unspecified atom stereocenters. The highest BCUT2D eigenvalue weighted by molar-refractivity contribution is 9.10. The topological polar surface area (TPSA) is 59.3 Å². The molecule has 0 spiro atoms. The number of rotatable bonds is 5. The van der Waals surface area contributed by atoms with Gasteiger partial charge in [-0.15, -0.1) is 0 Å². The smallest absolute Gasteiger partial charge is 0.312 e. The van der Waals surface area contributed by atoms with Gasteiger partial charge in [-0.05, 0) is 41.6 Å². The fraction of sp³-hybridized carbons (Fsp3) is 0.583. The lowest BCUT2D eigenvalue weighted by molar-refractivity contribution is -0.384. The van der Waals surface area contributed by atoms with Gasteiger partial charge in [0.1, 0.15) is 0 Å². The highest BCUT2D eigenvalue weighted by Gasteiger charge is 2.25. The van der Waals surface area contributed by atoms with E-state index in [0.717, 1.165) is 13.1 Å². The van der Waals surface area contributed by atoms with Crippen molar-refractivity contribution in [3.8, 4) is 0 Å². The largest absolute Gasteiger partial charge is 0.351 e.